The number of aldehydes is 1. The molecule has 1 amide bonds. The second kappa shape index (κ2) is 6.13. The molecule has 0 fully saturated rings. The highest BCUT2D eigenvalue weighted by Crippen LogP contribution is 1.92. The molecule has 0 spiro atoms. The fraction of sp³-hybridized carbons (Fsp3) is 0.571. The summed E-state index contributed by atoms with van der Waals surface area (Å²) in [7, 11) is 0. The van der Waals surface area contributed by atoms with Gasteiger partial charge in [0.1, 0.15) is 12.9 Å². The van der Waals surface area contributed by atoms with Gasteiger partial charge in [0.15, 0.2) is 0 Å². The van der Waals surface area contributed by atoms with Crippen LogP contribution in [-0.4, -0.2) is 30.8 Å². The first-order valence-corrected chi connectivity index (χ1v) is 3.71. The zero-order valence-corrected chi connectivity index (χ0v) is 7.06. The van der Waals surface area contributed by atoms with Crippen molar-refractivity contribution in [3.63, 3.8) is 0 Å². The van der Waals surface area contributed by atoms with Gasteiger partial charge in [0, 0.05) is 6.42 Å². The van der Waals surface area contributed by atoms with Crippen LogP contribution in [0.3, 0.4) is 0 Å². The van der Waals surface area contributed by atoms with E-state index in [9.17, 15) is 14.4 Å². The summed E-state index contributed by atoms with van der Waals surface area (Å²) in [6.45, 7) is -0.166. The standard InChI is InChI=1S/C7H12N2O4/c8-5(3-10)4-13-7(12)2-1-6(9)11/h3,5H,1-2,4,8H2,(H2,9,11). The molecule has 0 radical (unpaired) electrons. The highest BCUT2D eigenvalue weighted by Gasteiger charge is 2.07. The van der Waals surface area contributed by atoms with E-state index >= 15 is 0 Å². The van der Waals surface area contributed by atoms with Crippen molar-refractivity contribution in [1.82, 2.24) is 0 Å². The van der Waals surface area contributed by atoms with E-state index in [4.69, 9.17) is 11.5 Å². The van der Waals surface area contributed by atoms with Crippen LogP contribution in [0.5, 0.6) is 0 Å². The molecule has 0 aliphatic heterocycles. The molecule has 1 unspecified atom stereocenters. The van der Waals surface area contributed by atoms with E-state index in [1.807, 2.05) is 0 Å². The minimum atomic E-state index is -0.808. The smallest absolute Gasteiger partial charge is 0.306 e. The van der Waals surface area contributed by atoms with E-state index in [0.717, 1.165) is 0 Å². The molecule has 6 heteroatoms. The number of carbonyl (C=O) groups excluding carboxylic acids is 3. The molecular weight excluding hydrogens is 176 g/mol. The van der Waals surface area contributed by atoms with Crippen LogP contribution in [0.1, 0.15) is 12.8 Å². The van der Waals surface area contributed by atoms with Crippen molar-refractivity contribution in [1.29, 1.82) is 0 Å². The number of ether oxygens (including phenoxy) is 1. The fourth-order valence-electron chi connectivity index (χ4n) is 0.526. The normalized spacial score (nSPS) is 11.8. The maximum absolute atomic E-state index is 10.8. The first-order valence-electron chi connectivity index (χ1n) is 3.71. The summed E-state index contributed by atoms with van der Waals surface area (Å²) in [6, 6.07) is -0.808. The molecule has 0 aliphatic carbocycles. The Kier molecular flexibility index (Phi) is 5.45. The number of rotatable bonds is 6. The quantitative estimate of drug-likeness (QED) is 0.382. The summed E-state index contributed by atoms with van der Waals surface area (Å²) in [6.07, 6.45) is 0.331. The lowest BCUT2D eigenvalue weighted by Crippen LogP contribution is -2.29. The topological polar surface area (TPSA) is 112 Å². The number of hydrogen-bond donors (Lipinski definition) is 2. The third-order valence-electron chi connectivity index (χ3n) is 1.19. The van der Waals surface area contributed by atoms with E-state index in [0.29, 0.717) is 6.29 Å². The number of nitrogens with two attached hydrogens (primary N) is 2. The van der Waals surface area contributed by atoms with Crippen LogP contribution < -0.4 is 11.5 Å². The minimum absolute atomic E-state index is 0.0604. The van der Waals surface area contributed by atoms with Crippen LogP contribution in [0.4, 0.5) is 0 Å². The Bertz CT molecular complexity index is 205. The zero-order valence-electron chi connectivity index (χ0n) is 7.06. The number of hydrogen-bond acceptors (Lipinski definition) is 5. The van der Waals surface area contributed by atoms with Gasteiger partial charge in [-0.25, -0.2) is 0 Å². The Labute approximate surface area is 75.2 Å². The third-order valence-corrected chi connectivity index (χ3v) is 1.19. The lowest BCUT2D eigenvalue weighted by Gasteiger charge is -2.05. The Morgan fingerprint density at radius 2 is 2.00 bits per heavy atom. The van der Waals surface area contributed by atoms with Crippen LogP contribution in [0, 0.1) is 0 Å². The zero-order chi connectivity index (χ0) is 10.3. The molecule has 0 saturated heterocycles. The van der Waals surface area contributed by atoms with Crippen molar-refractivity contribution >= 4 is 18.2 Å². The highest BCUT2D eigenvalue weighted by molar-refractivity contribution is 5.80. The van der Waals surface area contributed by atoms with Crippen molar-refractivity contribution in [3.05, 3.63) is 0 Å². The van der Waals surface area contributed by atoms with Gasteiger partial charge in [-0.2, -0.15) is 0 Å². The maximum atomic E-state index is 10.8. The van der Waals surface area contributed by atoms with Gasteiger partial charge in [-0.05, 0) is 0 Å². The molecule has 0 aliphatic rings. The maximum Gasteiger partial charge on any atom is 0.306 e. The van der Waals surface area contributed by atoms with Crippen molar-refractivity contribution in [2.24, 2.45) is 11.5 Å². The molecular formula is C7H12N2O4. The van der Waals surface area contributed by atoms with Gasteiger partial charge in [0.2, 0.25) is 5.91 Å². The molecule has 0 bridgehead atoms. The largest absolute Gasteiger partial charge is 0.464 e. The summed E-state index contributed by atoms with van der Waals surface area (Å²) in [5.74, 6) is -1.16. The van der Waals surface area contributed by atoms with Gasteiger partial charge < -0.3 is 21.0 Å². The van der Waals surface area contributed by atoms with Gasteiger partial charge in [-0.3, -0.25) is 9.59 Å². The molecule has 6 nitrogen and oxygen atoms in total. The lowest BCUT2D eigenvalue weighted by atomic mass is 10.3. The highest BCUT2D eigenvalue weighted by atomic mass is 16.5. The Balaban J connectivity index is 3.51. The van der Waals surface area contributed by atoms with Gasteiger partial charge in [0.25, 0.3) is 0 Å². The van der Waals surface area contributed by atoms with Crippen molar-refractivity contribution < 1.29 is 19.1 Å². The van der Waals surface area contributed by atoms with Crippen LogP contribution in [0.25, 0.3) is 0 Å². The summed E-state index contributed by atoms with van der Waals surface area (Å²) in [5.41, 5.74) is 9.94. The summed E-state index contributed by atoms with van der Waals surface area (Å²) < 4.78 is 4.54. The number of primary amides is 1. The van der Waals surface area contributed by atoms with Gasteiger partial charge >= 0.3 is 5.97 Å². The Hall–Kier alpha value is -1.43. The van der Waals surface area contributed by atoms with E-state index < -0.39 is 17.9 Å². The van der Waals surface area contributed by atoms with E-state index in [-0.39, 0.29) is 19.4 Å². The first kappa shape index (κ1) is 11.6. The summed E-state index contributed by atoms with van der Waals surface area (Å²) in [5, 5.41) is 0. The van der Waals surface area contributed by atoms with E-state index in [2.05, 4.69) is 4.74 Å². The first-order chi connectivity index (χ1) is 6.06. The minimum Gasteiger partial charge on any atom is -0.464 e. The summed E-state index contributed by atoms with van der Waals surface area (Å²) >= 11 is 0. The number of amides is 1. The Morgan fingerprint density at radius 1 is 1.38 bits per heavy atom. The SMILES string of the molecule is NC(=O)CCC(=O)OCC(N)C=O. The van der Waals surface area contributed by atoms with Gasteiger partial charge in [0.05, 0.1) is 12.5 Å². The molecule has 0 rings (SSSR count). The van der Waals surface area contributed by atoms with Crippen LogP contribution in [-0.2, 0) is 19.1 Å². The Morgan fingerprint density at radius 3 is 2.46 bits per heavy atom. The molecule has 1 atom stereocenters. The lowest BCUT2D eigenvalue weighted by molar-refractivity contribution is -0.145. The van der Waals surface area contributed by atoms with Crippen molar-refractivity contribution in [3.8, 4) is 0 Å². The molecule has 4 N–H and O–H groups in total. The van der Waals surface area contributed by atoms with Crippen LogP contribution in [0.2, 0.25) is 0 Å². The summed E-state index contributed by atoms with van der Waals surface area (Å²) in [4.78, 5) is 31.0. The van der Waals surface area contributed by atoms with Crippen LogP contribution >= 0.6 is 0 Å². The van der Waals surface area contributed by atoms with Gasteiger partial charge in [-0.15, -0.1) is 0 Å². The average Bonchev–Trinajstić information content (AvgIpc) is 2.10. The molecule has 0 heterocycles. The fourth-order valence-corrected chi connectivity index (χ4v) is 0.526. The second-order valence-electron chi connectivity index (χ2n) is 2.45. The molecule has 0 aromatic heterocycles. The third kappa shape index (κ3) is 6.95. The molecule has 0 saturated carbocycles. The van der Waals surface area contributed by atoms with E-state index in [1.54, 1.807) is 0 Å². The second-order valence-corrected chi connectivity index (χ2v) is 2.45. The molecule has 13 heavy (non-hydrogen) atoms. The monoisotopic (exact) mass is 188 g/mol. The molecule has 0 aromatic carbocycles. The molecule has 74 valence electrons. The van der Waals surface area contributed by atoms with E-state index in [1.165, 1.54) is 0 Å². The van der Waals surface area contributed by atoms with Crippen molar-refractivity contribution in [2.75, 3.05) is 6.61 Å². The predicted octanol–water partition coefficient (Wildman–Crippen LogP) is -1.68. The van der Waals surface area contributed by atoms with Crippen LogP contribution in [0.15, 0.2) is 0 Å². The van der Waals surface area contributed by atoms with Crippen molar-refractivity contribution in [2.45, 2.75) is 18.9 Å². The number of carbonyl (C=O) groups is 3. The predicted molar refractivity (Wildman–Crippen MR) is 43.4 cm³/mol. The average molecular weight is 188 g/mol. The number of esters is 1. The molecule has 0 aromatic rings. The van der Waals surface area contributed by atoms with Gasteiger partial charge in [-0.1, -0.05) is 0 Å².